The summed E-state index contributed by atoms with van der Waals surface area (Å²) in [5, 5.41) is 8.84. The molecule has 1 atom stereocenters. The van der Waals surface area contributed by atoms with Crippen LogP contribution in [0.25, 0.3) is 0 Å². The van der Waals surface area contributed by atoms with Gasteiger partial charge in [-0.15, -0.1) is 0 Å². The van der Waals surface area contributed by atoms with Crippen molar-refractivity contribution in [3.8, 4) is 0 Å². The predicted octanol–water partition coefficient (Wildman–Crippen LogP) is 0.487. The molecule has 4 heteroatoms. The van der Waals surface area contributed by atoms with Gasteiger partial charge in [0.25, 0.3) is 0 Å². The van der Waals surface area contributed by atoms with Crippen LogP contribution in [0.15, 0.2) is 0 Å². The lowest BCUT2D eigenvalue weighted by atomic mass is 9.89. The summed E-state index contributed by atoms with van der Waals surface area (Å²) in [5.74, 6) is -0.234. The molecule has 3 N–H and O–H groups in total. The van der Waals surface area contributed by atoms with Gasteiger partial charge in [-0.05, 0) is 25.7 Å². The molecule has 88 valence electrons. The molecule has 0 aromatic heterocycles. The number of amides is 1. The van der Waals surface area contributed by atoms with Crippen LogP contribution in [-0.2, 0) is 4.79 Å². The van der Waals surface area contributed by atoms with Crippen LogP contribution in [0, 0.1) is 0 Å². The largest absolute Gasteiger partial charge is 0.396 e. The predicted molar refractivity (Wildman–Crippen MR) is 59.3 cm³/mol. The van der Waals surface area contributed by atoms with Crippen LogP contribution in [0.2, 0.25) is 0 Å². The first-order valence-corrected chi connectivity index (χ1v) is 5.86. The summed E-state index contributed by atoms with van der Waals surface area (Å²) in [6.45, 7) is 2.95. The van der Waals surface area contributed by atoms with E-state index in [1.165, 1.54) is 6.42 Å². The van der Waals surface area contributed by atoms with Gasteiger partial charge in [-0.1, -0.05) is 13.3 Å². The van der Waals surface area contributed by atoms with Gasteiger partial charge < -0.3 is 10.8 Å². The summed E-state index contributed by atoms with van der Waals surface area (Å²) < 4.78 is 0. The van der Waals surface area contributed by atoms with Gasteiger partial charge in [-0.3, -0.25) is 9.69 Å². The van der Waals surface area contributed by atoms with Gasteiger partial charge in [0, 0.05) is 19.2 Å². The highest BCUT2D eigenvalue weighted by atomic mass is 16.3. The molecule has 15 heavy (non-hydrogen) atoms. The third-order valence-corrected chi connectivity index (χ3v) is 3.23. The van der Waals surface area contributed by atoms with Crippen molar-refractivity contribution in [3.63, 3.8) is 0 Å². The summed E-state index contributed by atoms with van der Waals surface area (Å²) in [7, 11) is 0. The van der Waals surface area contributed by atoms with Crippen LogP contribution in [-0.4, -0.2) is 41.1 Å². The molecule has 1 fully saturated rings. The van der Waals surface area contributed by atoms with Gasteiger partial charge in [0.05, 0.1) is 6.04 Å². The second-order valence-electron chi connectivity index (χ2n) is 4.23. The summed E-state index contributed by atoms with van der Waals surface area (Å²) in [5.41, 5.74) is 5.39. The van der Waals surface area contributed by atoms with Crippen molar-refractivity contribution in [3.05, 3.63) is 0 Å². The van der Waals surface area contributed by atoms with E-state index in [1.807, 2.05) is 6.92 Å². The normalized spacial score (nSPS) is 18.9. The van der Waals surface area contributed by atoms with Crippen molar-refractivity contribution in [1.29, 1.82) is 0 Å². The van der Waals surface area contributed by atoms with E-state index in [2.05, 4.69) is 4.90 Å². The van der Waals surface area contributed by atoms with Crippen molar-refractivity contribution in [1.82, 2.24) is 4.90 Å². The van der Waals surface area contributed by atoms with E-state index in [0.29, 0.717) is 6.04 Å². The quantitative estimate of drug-likeness (QED) is 0.648. The second-order valence-corrected chi connectivity index (χ2v) is 4.23. The first-order valence-electron chi connectivity index (χ1n) is 5.86. The number of aliphatic hydroxyl groups is 1. The molecule has 1 aliphatic rings. The van der Waals surface area contributed by atoms with Gasteiger partial charge >= 0.3 is 0 Å². The van der Waals surface area contributed by atoms with Crippen LogP contribution >= 0.6 is 0 Å². The van der Waals surface area contributed by atoms with Gasteiger partial charge in [-0.25, -0.2) is 0 Å². The molecule has 1 amide bonds. The van der Waals surface area contributed by atoms with Crippen molar-refractivity contribution in [2.24, 2.45) is 5.73 Å². The molecule has 4 nitrogen and oxygen atoms in total. The fraction of sp³-hybridized carbons (Fsp3) is 0.909. The van der Waals surface area contributed by atoms with E-state index in [9.17, 15) is 4.79 Å². The van der Waals surface area contributed by atoms with E-state index in [0.717, 1.165) is 32.2 Å². The molecule has 0 bridgehead atoms. The minimum Gasteiger partial charge on any atom is -0.396 e. The molecule has 0 saturated heterocycles. The number of hydrogen-bond donors (Lipinski definition) is 2. The smallest absolute Gasteiger partial charge is 0.234 e. The van der Waals surface area contributed by atoms with Crippen molar-refractivity contribution >= 4 is 5.91 Å². The molecule has 0 spiro atoms. The minimum atomic E-state index is -0.234. The molecule has 1 saturated carbocycles. The zero-order chi connectivity index (χ0) is 11.3. The zero-order valence-electron chi connectivity index (χ0n) is 9.48. The lowest BCUT2D eigenvalue weighted by molar-refractivity contribution is -0.125. The number of hydrogen-bond acceptors (Lipinski definition) is 3. The molecule has 0 aromatic carbocycles. The van der Waals surface area contributed by atoms with Crippen molar-refractivity contribution < 1.29 is 9.90 Å². The fourth-order valence-electron chi connectivity index (χ4n) is 2.16. The highest BCUT2D eigenvalue weighted by Gasteiger charge is 2.31. The number of carbonyl (C=O) groups excluding carboxylic acids is 1. The van der Waals surface area contributed by atoms with E-state index < -0.39 is 0 Å². The maximum Gasteiger partial charge on any atom is 0.234 e. The molecular formula is C11H22N2O2. The molecule has 0 aliphatic heterocycles. The highest BCUT2D eigenvalue weighted by Crippen LogP contribution is 2.27. The van der Waals surface area contributed by atoms with Gasteiger partial charge in [0.1, 0.15) is 0 Å². The molecule has 1 aliphatic carbocycles. The SMILES string of the molecule is CCC(C(N)=O)N(CCCO)C1CCC1. The average molecular weight is 214 g/mol. The second kappa shape index (κ2) is 6.08. The molecule has 1 unspecified atom stereocenters. The third kappa shape index (κ3) is 3.18. The number of nitrogens with two attached hydrogens (primary N) is 1. The Balaban J connectivity index is 2.55. The third-order valence-electron chi connectivity index (χ3n) is 3.23. The Morgan fingerprint density at radius 3 is 2.60 bits per heavy atom. The van der Waals surface area contributed by atoms with E-state index in [-0.39, 0.29) is 18.6 Å². The summed E-state index contributed by atoms with van der Waals surface area (Å²) in [4.78, 5) is 13.5. The van der Waals surface area contributed by atoms with Crippen LogP contribution in [0.1, 0.15) is 39.0 Å². The van der Waals surface area contributed by atoms with Crippen LogP contribution < -0.4 is 5.73 Å². The summed E-state index contributed by atoms with van der Waals surface area (Å²) in [6.07, 6.45) is 5.05. The van der Waals surface area contributed by atoms with E-state index in [4.69, 9.17) is 10.8 Å². The number of nitrogens with zero attached hydrogens (tertiary/aromatic N) is 1. The van der Waals surface area contributed by atoms with Gasteiger partial charge in [-0.2, -0.15) is 0 Å². The van der Waals surface area contributed by atoms with E-state index >= 15 is 0 Å². The van der Waals surface area contributed by atoms with Gasteiger partial charge in [0.2, 0.25) is 5.91 Å². The first-order chi connectivity index (χ1) is 7.20. The van der Waals surface area contributed by atoms with Crippen LogP contribution in [0.3, 0.4) is 0 Å². The number of primary amides is 1. The Labute approximate surface area is 91.4 Å². The summed E-state index contributed by atoms with van der Waals surface area (Å²) in [6, 6.07) is 0.357. The molecular weight excluding hydrogens is 192 g/mol. The maximum atomic E-state index is 11.3. The Bertz CT molecular complexity index is 205. The molecule has 0 aromatic rings. The Morgan fingerprint density at radius 1 is 1.60 bits per heavy atom. The minimum absolute atomic E-state index is 0.151. The van der Waals surface area contributed by atoms with Gasteiger partial charge in [0.15, 0.2) is 0 Å². The number of carbonyl (C=O) groups is 1. The molecule has 0 radical (unpaired) electrons. The topological polar surface area (TPSA) is 66.6 Å². The Kier molecular flexibility index (Phi) is 5.05. The fourth-order valence-corrected chi connectivity index (χ4v) is 2.16. The van der Waals surface area contributed by atoms with Crippen molar-refractivity contribution in [2.75, 3.05) is 13.2 Å². The number of rotatable bonds is 7. The number of aliphatic hydroxyl groups excluding tert-OH is 1. The maximum absolute atomic E-state index is 11.3. The highest BCUT2D eigenvalue weighted by molar-refractivity contribution is 5.79. The molecule has 0 heterocycles. The van der Waals surface area contributed by atoms with Crippen LogP contribution in [0.5, 0.6) is 0 Å². The first kappa shape index (κ1) is 12.5. The molecule has 1 rings (SSSR count). The monoisotopic (exact) mass is 214 g/mol. The Hall–Kier alpha value is -0.610. The average Bonchev–Trinajstić information content (AvgIpc) is 2.11. The summed E-state index contributed by atoms with van der Waals surface area (Å²) >= 11 is 0. The zero-order valence-corrected chi connectivity index (χ0v) is 9.48. The van der Waals surface area contributed by atoms with Crippen LogP contribution in [0.4, 0.5) is 0 Å². The Morgan fingerprint density at radius 2 is 2.27 bits per heavy atom. The van der Waals surface area contributed by atoms with Crippen molar-refractivity contribution in [2.45, 2.75) is 51.1 Å². The standard InChI is InChI=1S/C11H22N2O2/c1-2-10(11(12)15)13(7-4-8-14)9-5-3-6-9/h9-10,14H,2-8H2,1H3,(H2,12,15). The van der Waals surface area contributed by atoms with E-state index in [1.54, 1.807) is 0 Å². The lowest BCUT2D eigenvalue weighted by Crippen LogP contribution is -2.52. The lowest BCUT2D eigenvalue weighted by Gasteiger charge is -2.41.